The Morgan fingerprint density at radius 3 is 1.85 bits per heavy atom. The van der Waals surface area contributed by atoms with Gasteiger partial charge in [-0.25, -0.2) is 9.79 Å². The van der Waals surface area contributed by atoms with Gasteiger partial charge in [-0.2, -0.15) is 0 Å². The van der Waals surface area contributed by atoms with E-state index in [0.717, 1.165) is 38.9 Å². The van der Waals surface area contributed by atoms with Gasteiger partial charge in [-0.05, 0) is 67.6 Å². The van der Waals surface area contributed by atoms with Crippen LogP contribution in [0.1, 0.15) is 15.9 Å². The van der Waals surface area contributed by atoms with Gasteiger partial charge in [0, 0.05) is 17.7 Å². The van der Waals surface area contributed by atoms with Crippen LogP contribution in [0, 0.1) is 6.92 Å². The monoisotopic (exact) mass is 639 g/mol. The molecular weight excluding hydrogens is 609 g/mol. The number of aryl methyl sites for hydroxylation is 1. The van der Waals surface area contributed by atoms with E-state index in [9.17, 15) is 22.1 Å². The molecule has 4 aromatic carbocycles. The zero-order valence-electron chi connectivity index (χ0n) is 25.5. The molecule has 0 spiro atoms. The Hall–Kier alpha value is -5.46. The smallest absolute Gasteiger partial charge is 0.497 e. The molecule has 46 heavy (non-hydrogen) atoms. The van der Waals surface area contributed by atoms with Crippen molar-refractivity contribution in [2.45, 2.75) is 6.92 Å². The second-order valence-electron chi connectivity index (χ2n) is 9.70. The molecule has 0 unspecified atom stereocenters. The van der Waals surface area contributed by atoms with Crippen LogP contribution < -0.4 is 34.0 Å². The first-order chi connectivity index (χ1) is 21.9. The lowest BCUT2D eigenvalue weighted by molar-refractivity contribution is -0.400. The fraction of sp³-hybridized carbons (Fsp3) is 0.152. The maximum atomic E-state index is 12.9. The van der Waals surface area contributed by atoms with Crippen LogP contribution in [0.4, 0.5) is 23.0 Å². The highest BCUT2D eigenvalue weighted by Crippen LogP contribution is 2.38. The van der Waals surface area contributed by atoms with Crippen molar-refractivity contribution >= 4 is 29.9 Å². The van der Waals surface area contributed by atoms with Gasteiger partial charge in [-0.3, -0.25) is 0 Å². The zero-order valence-corrected chi connectivity index (χ0v) is 25.5. The molecule has 240 valence electrons. The molecule has 0 atom stereocenters. The lowest BCUT2D eigenvalue weighted by Gasteiger charge is -2.13. The van der Waals surface area contributed by atoms with Gasteiger partial charge in [-0.1, -0.05) is 11.6 Å². The van der Waals surface area contributed by atoms with E-state index in [-0.39, 0.29) is 5.56 Å². The molecule has 5 aromatic rings. The third kappa shape index (κ3) is 8.59. The Morgan fingerprint density at radius 2 is 1.30 bits per heavy atom. The molecule has 0 aliphatic carbocycles. The summed E-state index contributed by atoms with van der Waals surface area (Å²) in [6.07, 6.45) is 0. The van der Waals surface area contributed by atoms with Crippen molar-refractivity contribution < 1.29 is 55.2 Å². The lowest BCUT2D eigenvalue weighted by atomic mass is 10.1. The number of hydrogen-bond acceptors (Lipinski definition) is 7. The molecule has 0 radical (unpaired) electrons. The minimum Gasteiger partial charge on any atom is -0.497 e. The number of carbonyl (C=O) groups is 1. The van der Waals surface area contributed by atoms with Crippen LogP contribution in [-0.2, 0) is 0 Å². The third-order valence-corrected chi connectivity index (χ3v) is 6.54. The van der Waals surface area contributed by atoms with Crippen LogP contribution in [0.25, 0.3) is 22.3 Å². The van der Waals surface area contributed by atoms with Crippen molar-refractivity contribution in [3.8, 4) is 40.1 Å². The normalized spacial score (nSPS) is 11.4. The fourth-order valence-electron chi connectivity index (χ4n) is 4.43. The first-order valence-corrected chi connectivity index (χ1v) is 13.7. The molecule has 8 nitrogen and oxygen atoms in total. The van der Waals surface area contributed by atoms with Gasteiger partial charge in [0.2, 0.25) is 16.8 Å². The third-order valence-electron chi connectivity index (χ3n) is 6.54. The van der Waals surface area contributed by atoms with Crippen LogP contribution in [0.15, 0.2) is 89.3 Å². The Kier molecular flexibility index (Phi) is 10.6. The van der Waals surface area contributed by atoms with Crippen LogP contribution in [-0.4, -0.2) is 41.7 Å². The molecule has 0 fully saturated rings. The number of nitrogens with one attached hydrogen (secondary N) is 1. The molecule has 1 heterocycles. The zero-order chi connectivity index (χ0) is 33.4. The van der Waals surface area contributed by atoms with Crippen molar-refractivity contribution in [1.29, 1.82) is 0 Å². The SMILES string of the molecule is COc1ccc(-c2cc(=[NH+]c3ccc(OC(=O)c4cc(OC)c(OC)c(OC)c4)cc3)c3cc(C)ccc3o2)cc1.F[B-](F)(F)F. The van der Waals surface area contributed by atoms with E-state index in [2.05, 4.69) is 11.1 Å². The molecule has 13 heteroatoms. The van der Waals surface area contributed by atoms with Gasteiger partial charge in [0.1, 0.15) is 22.8 Å². The van der Waals surface area contributed by atoms with E-state index in [0.29, 0.717) is 28.8 Å². The largest absolute Gasteiger partial charge is 0.673 e. The van der Waals surface area contributed by atoms with Crippen LogP contribution >= 0.6 is 0 Å². The number of halogens is 4. The number of carbonyl (C=O) groups excluding carboxylic acids is 1. The maximum absolute atomic E-state index is 12.9. The molecule has 0 saturated heterocycles. The van der Waals surface area contributed by atoms with Gasteiger partial charge in [0.25, 0.3) is 0 Å². The summed E-state index contributed by atoms with van der Waals surface area (Å²) in [7, 11) is 0.119. The summed E-state index contributed by atoms with van der Waals surface area (Å²) >= 11 is 0. The minimum absolute atomic E-state index is 0.266. The Bertz CT molecular complexity index is 1860. The van der Waals surface area contributed by atoms with Crippen molar-refractivity contribution in [2.24, 2.45) is 0 Å². The summed E-state index contributed by atoms with van der Waals surface area (Å²) in [6, 6.07) is 26.0. The quantitative estimate of drug-likeness (QED) is 0.0926. The molecular formula is C33H30BF4NO7. The molecule has 0 saturated carbocycles. The highest BCUT2D eigenvalue weighted by atomic mass is 19.5. The van der Waals surface area contributed by atoms with Crippen LogP contribution in [0.3, 0.4) is 0 Å². The highest BCUT2D eigenvalue weighted by molar-refractivity contribution is 6.50. The number of benzene rings is 4. The first kappa shape index (κ1) is 33.4. The number of methoxy groups -OCH3 is 4. The summed E-state index contributed by atoms with van der Waals surface area (Å²) in [5.74, 6) is 2.44. The number of rotatable bonds is 8. The van der Waals surface area contributed by atoms with E-state index in [1.54, 1.807) is 31.4 Å². The summed E-state index contributed by atoms with van der Waals surface area (Å²) < 4.78 is 72.2. The maximum Gasteiger partial charge on any atom is 0.673 e. The van der Waals surface area contributed by atoms with Crippen molar-refractivity contribution in [3.63, 3.8) is 0 Å². The molecule has 1 aromatic heterocycles. The standard InChI is InChI=1S/C33H29NO7.BF4/c1-20-6-15-28-26(16-20)27(19-29(41-28)21-7-11-24(36-2)12-8-21)34-23-9-13-25(14-10-23)40-33(35)22-17-30(37-3)32(39-5)31(18-22)38-4;2-1(3,4)5/h6-19H,1-5H3;/q;-1/p+1. The molecule has 0 aliphatic heterocycles. The molecule has 0 amide bonds. The van der Waals surface area contributed by atoms with Crippen molar-refractivity contribution in [2.75, 3.05) is 28.4 Å². The molecule has 5 rings (SSSR count). The number of esters is 1. The summed E-state index contributed by atoms with van der Waals surface area (Å²) in [4.78, 5) is 16.4. The highest BCUT2D eigenvalue weighted by Gasteiger charge is 2.21. The first-order valence-electron chi connectivity index (χ1n) is 13.7. The van der Waals surface area contributed by atoms with E-state index >= 15 is 0 Å². The predicted octanol–water partition coefficient (Wildman–Crippen LogP) is 6.27. The van der Waals surface area contributed by atoms with Gasteiger partial charge < -0.3 is 45.4 Å². The minimum atomic E-state index is -6.00. The average molecular weight is 639 g/mol. The molecule has 1 N–H and O–H groups in total. The summed E-state index contributed by atoms with van der Waals surface area (Å²) in [5, 5.41) is 1.82. The number of ether oxygens (including phenoxy) is 5. The van der Waals surface area contributed by atoms with E-state index in [1.807, 2.05) is 61.5 Å². The second-order valence-corrected chi connectivity index (χ2v) is 9.70. The van der Waals surface area contributed by atoms with Gasteiger partial charge in [0.05, 0.1) is 45.5 Å². The number of hydrogen-bond donors (Lipinski definition) is 1. The van der Waals surface area contributed by atoms with E-state index in [4.69, 9.17) is 28.1 Å². The van der Waals surface area contributed by atoms with Crippen molar-refractivity contribution in [3.05, 3.63) is 101 Å². The fourth-order valence-corrected chi connectivity index (χ4v) is 4.43. The molecule has 0 aliphatic rings. The Morgan fingerprint density at radius 1 is 0.717 bits per heavy atom. The Balaban J connectivity index is 0.000000892. The predicted molar refractivity (Wildman–Crippen MR) is 164 cm³/mol. The van der Waals surface area contributed by atoms with Gasteiger partial charge >= 0.3 is 13.2 Å². The van der Waals surface area contributed by atoms with Gasteiger partial charge in [-0.15, -0.1) is 0 Å². The topological polar surface area (TPSA) is 90.3 Å². The van der Waals surface area contributed by atoms with E-state index < -0.39 is 13.2 Å². The summed E-state index contributed by atoms with van der Waals surface area (Å²) in [6.45, 7) is 2.04. The van der Waals surface area contributed by atoms with Crippen LogP contribution in [0.2, 0.25) is 0 Å². The second kappa shape index (κ2) is 14.6. The average Bonchev–Trinajstić information content (AvgIpc) is 3.04. The lowest BCUT2D eigenvalue weighted by Crippen LogP contribution is -2.70. The van der Waals surface area contributed by atoms with E-state index in [1.165, 1.54) is 21.3 Å². The van der Waals surface area contributed by atoms with Crippen molar-refractivity contribution in [1.82, 2.24) is 0 Å². The Labute approximate surface area is 261 Å². The molecule has 0 bridgehead atoms. The summed E-state index contributed by atoms with van der Waals surface area (Å²) in [5.41, 5.74) is 3.87. The number of fused-ring (bicyclic) bond motifs is 1. The van der Waals surface area contributed by atoms with Gasteiger partial charge in [0.15, 0.2) is 11.5 Å². The van der Waals surface area contributed by atoms with Crippen LogP contribution in [0.5, 0.6) is 28.7 Å².